The van der Waals surface area contributed by atoms with Crippen LogP contribution in [-0.4, -0.2) is 30.3 Å². The SMILES string of the molecule is COc1ccc(Br)c(/C=N/NC(=O)C2=CC=CC(/C=C/C(=O)NO)C2)c1. The highest BCUT2D eigenvalue weighted by Gasteiger charge is 2.15. The first-order valence-electron chi connectivity index (χ1n) is 7.70. The fourth-order valence-corrected chi connectivity index (χ4v) is 2.58. The summed E-state index contributed by atoms with van der Waals surface area (Å²) in [5.74, 6) is -0.376. The van der Waals surface area contributed by atoms with Crippen LogP contribution in [0.4, 0.5) is 0 Å². The van der Waals surface area contributed by atoms with Gasteiger partial charge in [-0.25, -0.2) is 10.9 Å². The van der Waals surface area contributed by atoms with Crippen molar-refractivity contribution in [2.24, 2.45) is 11.0 Å². The Balaban J connectivity index is 1.96. The van der Waals surface area contributed by atoms with E-state index in [1.165, 1.54) is 17.8 Å². The molecule has 0 fully saturated rings. The largest absolute Gasteiger partial charge is 0.497 e. The molecule has 26 heavy (non-hydrogen) atoms. The lowest BCUT2D eigenvalue weighted by Gasteiger charge is -2.13. The lowest BCUT2D eigenvalue weighted by atomic mass is 9.93. The average Bonchev–Trinajstić information content (AvgIpc) is 2.67. The van der Waals surface area contributed by atoms with E-state index in [9.17, 15) is 9.59 Å². The van der Waals surface area contributed by atoms with Gasteiger partial charge in [0, 0.05) is 21.7 Å². The maximum Gasteiger partial charge on any atom is 0.267 e. The van der Waals surface area contributed by atoms with E-state index in [-0.39, 0.29) is 11.8 Å². The molecule has 0 heterocycles. The summed E-state index contributed by atoms with van der Waals surface area (Å²) in [4.78, 5) is 23.3. The number of allylic oxidation sites excluding steroid dienone is 4. The van der Waals surface area contributed by atoms with Gasteiger partial charge >= 0.3 is 0 Å². The zero-order chi connectivity index (χ0) is 18.9. The van der Waals surface area contributed by atoms with Gasteiger partial charge in [-0.05, 0) is 30.5 Å². The Labute approximate surface area is 159 Å². The molecule has 136 valence electrons. The highest BCUT2D eigenvalue weighted by molar-refractivity contribution is 9.10. The van der Waals surface area contributed by atoms with Crippen LogP contribution in [0, 0.1) is 5.92 Å². The molecule has 7 nitrogen and oxygen atoms in total. The number of carbonyl (C=O) groups excluding carboxylic acids is 2. The number of hydrazone groups is 1. The minimum Gasteiger partial charge on any atom is -0.497 e. The van der Waals surface area contributed by atoms with Gasteiger partial charge in [-0.1, -0.05) is 40.2 Å². The molecular formula is C18H18BrN3O4. The van der Waals surface area contributed by atoms with E-state index in [0.717, 1.165) is 10.0 Å². The number of ether oxygens (including phenoxy) is 1. The van der Waals surface area contributed by atoms with Crippen molar-refractivity contribution in [3.05, 3.63) is 64.2 Å². The Kier molecular flexibility index (Phi) is 7.31. The molecule has 1 aliphatic carbocycles. The normalized spacial score (nSPS) is 16.6. The van der Waals surface area contributed by atoms with Crippen molar-refractivity contribution in [3.8, 4) is 5.75 Å². The van der Waals surface area contributed by atoms with Gasteiger partial charge < -0.3 is 4.74 Å². The molecule has 1 aromatic carbocycles. The summed E-state index contributed by atoms with van der Waals surface area (Å²) in [5.41, 5.74) is 5.30. The van der Waals surface area contributed by atoms with Gasteiger partial charge in [0.25, 0.3) is 11.8 Å². The van der Waals surface area contributed by atoms with E-state index in [2.05, 4.69) is 26.5 Å². The fourth-order valence-electron chi connectivity index (χ4n) is 2.23. The quantitative estimate of drug-likeness (QED) is 0.285. The summed E-state index contributed by atoms with van der Waals surface area (Å²) in [6, 6.07) is 5.43. The van der Waals surface area contributed by atoms with E-state index in [1.807, 2.05) is 18.2 Å². The van der Waals surface area contributed by atoms with Crippen molar-refractivity contribution in [1.82, 2.24) is 10.9 Å². The molecule has 0 aromatic heterocycles. The summed E-state index contributed by atoms with van der Waals surface area (Å²) < 4.78 is 5.98. The van der Waals surface area contributed by atoms with Gasteiger partial charge in [0.2, 0.25) is 0 Å². The number of carbonyl (C=O) groups is 2. The van der Waals surface area contributed by atoms with Crippen LogP contribution in [0.15, 0.2) is 63.7 Å². The van der Waals surface area contributed by atoms with E-state index < -0.39 is 5.91 Å². The van der Waals surface area contributed by atoms with Crippen molar-refractivity contribution < 1.29 is 19.5 Å². The number of benzene rings is 1. The predicted octanol–water partition coefficient (Wildman–Crippen LogP) is 2.47. The summed E-state index contributed by atoms with van der Waals surface area (Å²) >= 11 is 3.41. The van der Waals surface area contributed by atoms with Crippen molar-refractivity contribution >= 4 is 34.0 Å². The van der Waals surface area contributed by atoms with Crippen LogP contribution < -0.4 is 15.6 Å². The average molecular weight is 420 g/mol. The zero-order valence-corrected chi connectivity index (χ0v) is 15.6. The summed E-state index contributed by atoms with van der Waals surface area (Å²) in [7, 11) is 1.57. The number of hydroxylamine groups is 1. The second-order valence-electron chi connectivity index (χ2n) is 5.37. The summed E-state index contributed by atoms with van der Waals surface area (Å²) in [6.07, 6.45) is 10.1. The van der Waals surface area contributed by atoms with Crippen LogP contribution in [0.3, 0.4) is 0 Å². The maximum absolute atomic E-state index is 12.2. The molecule has 8 heteroatoms. The lowest BCUT2D eigenvalue weighted by Crippen LogP contribution is -2.22. The fraction of sp³-hybridized carbons (Fsp3) is 0.167. The highest BCUT2D eigenvalue weighted by Crippen LogP contribution is 2.21. The van der Waals surface area contributed by atoms with Crippen molar-refractivity contribution in [3.63, 3.8) is 0 Å². The first kappa shape index (κ1) is 19.6. The molecule has 2 amide bonds. The second-order valence-corrected chi connectivity index (χ2v) is 6.22. The Morgan fingerprint density at radius 1 is 1.42 bits per heavy atom. The Morgan fingerprint density at radius 3 is 2.96 bits per heavy atom. The minimum absolute atomic E-state index is 0.116. The topological polar surface area (TPSA) is 100 Å². The number of rotatable bonds is 6. The maximum atomic E-state index is 12.2. The molecule has 0 saturated carbocycles. The molecule has 0 saturated heterocycles. The van der Waals surface area contributed by atoms with Crippen molar-refractivity contribution in [2.45, 2.75) is 6.42 Å². The smallest absolute Gasteiger partial charge is 0.267 e. The van der Waals surface area contributed by atoms with Crippen LogP contribution in [-0.2, 0) is 9.59 Å². The molecule has 0 bridgehead atoms. The first-order chi connectivity index (χ1) is 12.5. The standard InChI is InChI=1S/C18H18BrN3O4/c1-26-15-6-7-16(19)14(10-15)11-20-21-18(24)13-4-2-3-12(9-13)5-8-17(23)22-25/h2-8,10-12,25H,9H2,1H3,(H,21,24)(H,22,23)/b8-5+,20-11+. The van der Waals surface area contributed by atoms with Gasteiger partial charge in [-0.3, -0.25) is 14.8 Å². The van der Waals surface area contributed by atoms with Gasteiger partial charge in [-0.2, -0.15) is 5.10 Å². The van der Waals surface area contributed by atoms with Crippen LogP contribution in [0.5, 0.6) is 5.75 Å². The number of halogens is 1. The lowest BCUT2D eigenvalue weighted by molar-refractivity contribution is -0.124. The van der Waals surface area contributed by atoms with Crippen LogP contribution >= 0.6 is 15.9 Å². The zero-order valence-electron chi connectivity index (χ0n) is 14.0. The minimum atomic E-state index is -0.618. The number of nitrogens with zero attached hydrogens (tertiary/aromatic N) is 1. The number of hydrogen-bond donors (Lipinski definition) is 3. The van der Waals surface area contributed by atoms with Crippen LogP contribution in [0.1, 0.15) is 12.0 Å². The summed E-state index contributed by atoms with van der Waals surface area (Å²) in [5, 5.41) is 12.5. The monoisotopic (exact) mass is 419 g/mol. The van der Waals surface area contributed by atoms with E-state index in [4.69, 9.17) is 9.94 Å². The molecule has 3 N–H and O–H groups in total. The number of methoxy groups -OCH3 is 1. The molecule has 0 radical (unpaired) electrons. The van der Waals surface area contributed by atoms with Gasteiger partial charge in [0.15, 0.2) is 0 Å². The first-order valence-corrected chi connectivity index (χ1v) is 8.49. The molecule has 1 atom stereocenters. The molecule has 0 aliphatic heterocycles. The van der Waals surface area contributed by atoms with Crippen molar-refractivity contribution in [2.75, 3.05) is 7.11 Å². The van der Waals surface area contributed by atoms with Crippen LogP contribution in [0.25, 0.3) is 0 Å². The second kappa shape index (κ2) is 9.69. The van der Waals surface area contributed by atoms with E-state index in [1.54, 1.807) is 31.4 Å². The molecule has 2 rings (SSSR count). The molecule has 1 unspecified atom stereocenters. The van der Waals surface area contributed by atoms with Gasteiger partial charge in [-0.15, -0.1) is 0 Å². The highest BCUT2D eigenvalue weighted by atomic mass is 79.9. The molecule has 1 aliphatic rings. The number of amides is 2. The predicted molar refractivity (Wildman–Crippen MR) is 101 cm³/mol. The number of nitrogens with one attached hydrogen (secondary N) is 2. The third kappa shape index (κ3) is 5.68. The van der Waals surface area contributed by atoms with E-state index >= 15 is 0 Å². The van der Waals surface area contributed by atoms with Crippen molar-refractivity contribution in [1.29, 1.82) is 0 Å². The molecule has 1 aromatic rings. The third-order valence-corrected chi connectivity index (χ3v) is 4.30. The third-order valence-electron chi connectivity index (χ3n) is 3.58. The Hall–Kier alpha value is -2.71. The molecule has 0 spiro atoms. The Bertz CT molecular complexity index is 800. The van der Waals surface area contributed by atoms with Gasteiger partial charge in [0.05, 0.1) is 13.3 Å². The van der Waals surface area contributed by atoms with Crippen LogP contribution in [0.2, 0.25) is 0 Å². The number of hydrogen-bond acceptors (Lipinski definition) is 5. The molecular weight excluding hydrogens is 402 g/mol. The Morgan fingerprint density at radius 2 is 2.23 bits per heavy atom. The van der Waals surface area contributed by atoms with E-state index in [0.29, 0.717) is 17.7 Å². The van der Waals surface area contributed by atoms with Gasteiger partial charge in [0.1, 0.15) is 5.75 Å². The summed E-state index contributed by atoms with van der Waals surface area (Å²) in [6.45, 7) is 0.